The number of hydrogen-bond donors (Lipinski definition) is 0. The van der Waals surface area contributed by atoms with Gasteiger partial charge in [0.05, 0.1) is 22.9 Å². The maximum atomic E-state index is 12.8. The molecule has 6 nitrogen and oxygen atoms in total. The van der Waals surface area contributed by atoms with Gasteiger partial charge in [0.1, 0.15) is 0 Å². The number of furan rings is 1. The van der Waals surface area contributed by atoms with Crippen molar-refractivity contribution in [1.82, 2.24) is 15.1 Å². The summed E-state index contributed by atoms with van der Waals surface area (Å²) in [6.07, 6.45) is 2.31. The van der Waals surface area contributed by atoms with E-state index in [1.807, 2.05) is 6.92 Å². The van der Waals surface area contributed by atoms with Gasteiger partial charge in [-0.05, 0) is 36.8 Å². The quantitative estimate of drug-likeness (QED) is 0.620. The molecule has 0 bridgehead atoms. The van der Waals surface area contributed by atoms with Crippen LogP contribution in [-0.4, -0.2) is 27.5 Å². The van der Waals surface area contributed by atoms with Crippen LogP contribution in [0.2, 0.25) is 10.0 Å². The van der Waals surface area contributed by atoms with Gasteiger partial charge in [-0.3, -0.25) is 4.79 Å². The fraction of sp³-hybridized carbons (Fsp3) is 0.235. The van der Waals surface area contributed by atoms with Crippen molar-refractivity contribution in [2.24, 2.45) is 0 Å². The highest BCUT2D eigenvalue weighted by atomic mass is 35.5. The maximum Gasteiger partial charge on any atom is 0.283 e. The summed E-state index contributed by atoms with van der Waals surface area (Å²) in [5.41, 5.74) is 0.452. The molecule has 1 amide bonds. The predicted octanol–water partition coefficient (Wildman–Crippen LogP) is 4.69. The third kappa shape index (κ3) is 4.03. The van der Waals surface area contributed by atoms with Crippen LogP contribution in [0.1, 0.15) is 29.6 Å². The molecule has 1 aromatic carbocycles. The SMILES string of the molecule is CCCN(Cc1nnc(-c2ccco2)o1)C(=O)c1ccc(Cl)c(Cl)c1. The Balaban J connectivity index is 1.79. The highest BCUT2D eigenvalue weighted by molar-refractivity contribution is 6.42. The van der Waals surface area contributed by atoms with Gasteiger partial charge in [-0.2, -0.15) is 0 Å². The molecule has 3 rings (SSSR count). The van der Waals surface area contributed by atoms with Gasteiger partial charge >= 0.3 is 0 Å². The molecule has 0 atom stereocenters. The van der Waals surface area contributed by atoms with Crippen LogP contribution in [0.5, 0.6) is 0 Å². The average Bonchev–Trinajstić information content (AvgIpc) is 3.27. The molecule has 3 aromatic rings. The zero-order valence-electron chi connectivity index (χ0n) is 13.4. The van der Waals surface area contributed by atoms with Crippen LogP contribution in [0, 0.1) is 0 Å². The monoisotopic (exact) mass is 379 g/mol. The topological polar surface area (TPSA) is 72.4 Å². The molecular formula is C17H15Cl2N3O3. The Morgan fingerprint density at radius 3 is 2.72 bits per heavy atom. The number of hydrogen-bond acceptors (Lipinski definition) is 5. The Bertz CT molecular complexity index is 862. The van der Waals surface area contributed by atoms with Gasteiger partial charge in [0.25, 0.3) is 11.8 Å². The van der Waals surface area contributed by atoms with E-state index in [0.717, 1.165) is 6.42 Å². The number of amides is 1. The first kappa shape index (κ1) is 17.5. The highest BCUT2D eigenvalue weighted by Gasteiger charge is 2.20. The van der Waals surface area contributed by atoms with Crippen LogP contribution < -0.4 is 0 Å². The summed E-state index contributed by atoms with van der Waals surface area (Å²) >= 11 is 11.9. The molecule has 0 aliphatic rings. The molecule has 2 heterocycles. The lowest BCUT2D eigenvalue weighted by Crippen LogP contribution is -2.31. The van der Waals surface area contributed by atoms with E-state index in [2.05, 4.69) is 10.2 Å². The minimum atomic E-state index is -0.182. The van der Waals surface area contributed by atoms with Crippen LogP contribution in [-0.2, 0) is 6.54 Å². The van der Waals surface area contributed by atoms with E-state index in [1.165, 1.54) is 6.26 Å². The van der Waals surface area contributed by atoms with E-state index >= 15 is 0 Å². The normalized spacial score (nSPS) is 10.8. The molecule has 0 aliphatic carbocycles. The average molecular weight is 380 g/mol. The number of aromatic nitrogens is 2. The smallest absolute Gasteiger partial charge is 0.283 e. The van der Waals surface area contributed by atoms with E-state index in [1.54, 1.807) is 35.2 Å². The summed E-state index contributed by atoms with van der Waals surface area (Å²) in [5, 5.41) is 8.66. The van der Waals surface area contributed by atoms with Crippen LogP contribution in [0.15, 0.2) is 45.4 Å². The van der Waals surface area contributed by atoms with Crippen LogP contribution in [0.3, 0.4) is 0 Å². The van der Waals surface area contributed by atoms with Gasteiger partial charge in [-0.1, -0.05) is 30.1 Å². The van der Waals surface area contributed by atoms with E-state index in [0.29, 0.717) is 33.8 Å². The summed E-state index contributed by atoms with van der Waals surface area (Å²) in [7, 11) is 0. The summed E-state index contributed by atoms with van der Waals surface area (Å²) < 4.78 is 10.8. The second-order valence-electron chi connectivity index (χ2n) is 5.33. The molecule has 0 radical (unpaired) electrons. The Hall–Kier alpha value is -2.31. The number of rotatable bonds is 6. The van der Waals surface area contributed by atoms with Crippen molar-refractivity contribution >= 4 is 29.1 Å². The van der Waals surface area contributed by atoms with Crippen molar-refractivity contribution in [2.45, 2.75) is 19.9 Å². The van der Waals surface area contributed by atoms with Crippen molar-refractivity contribution in [2.75, 3.05) is 6.54 Å². The van der Waals surface area contributed by atoms with Crippen LogP contribution in [0.25, 0.3) is 11.7 Å². The second-order valence-corrected chi connectivity index (χ2v) is 6.15. The molecule has 0 unspecified atom stereocenters. The summed E-state index contributed by atoms with van der Waals surface area (Å²) in [6, 6.07) is 8.25. The van der Waals surface area contributed by atoms with E-state index < -0.39 is 0 Å². The summed E-state index contributed by atoms with van der Waals surface area (Å²) in [6.45, 7) is 2.72. The lowest BCUT2D eigenvalue weighted by atomic mass is 10.2. The van der Waals surface area contributed by atoms with Crippen molar-refractivity contribution in [3.8, 4) is 11.7 Å². The lowest BCUT2D eigenvalue weighted by Gasteiger charge is -2.20. The zero-order valence-corrected chi connectivity index (χ0v) is 14.9. The van der Waals surface area contributed by atoms with Gasteiger partial charge in [0, 0.05) is 12.1 Å². The predicted molar refractivity (Wildman–Crippen MR) is 93.5 cm³/mol. The second kappa shape index (κ2) is 7.72. The summed E-state index contributed by atoms with van der Waals surface area (Å²) in [5.74, 6) is 0.904. The van der Waals surface area contributed by atoms with E-state index in [4.69, 9.17) is 32.0 Å². The first-order chi connectivity index (χ1) is 12.1. The Labute approximate surface area is 154 Å². The largest absolute Gasteiger partial charge is 0.459 e. The van der Waals surface area contributed by atoms with Crippen LogP contribution in [0.4, 0.5) is 0 Å². The van der Waals surface area contributed by atoms with Crippen molar-refractivity contribution in [3.05, 3.63) is 58.1 Å². The zero-order chi connectivity index (χ0) is 17.8. The third-order valence-corrected chi connectivity index (χ3v) is 4.21. The molecule has 2 aromatic heterocycles. The van der Waals surface area contributed by atoms with Crippen molar-refractivity contribution in [3.63, 3.8) is 0 Å². The van der Waals surface area contributed by atoms with Gasteiger partial charge in [0.15, 0.2) is 5.76 Å². The number of benzene rings is 1. The van der Waals surface area contributed by atoms with Crippen molar-refractivity contribution < 1.29 is 13.6 Å². The molecule has 0 spiro atoms. The van der Waals surface area contributed by atoms with Gasteiger partial charge < -0.3 is 13.7 Å². The van der Waals surface area contributed by atoms with Gasteiger partial charge in [-0.15, -0.1) is 10.2 Å². The molecular weight excluding hydrogens is 365 g/mol. The molecule has 0 saturated heterocycles. The van der Waals surface area contributed by atoms with E-state index in [9.17, 15) is 4.79 Å². The number of carbonyl (C=O) groups excluding carboxylic acids is 1. The van der Waals surface area contributed by atoms with Gasteiger partial charge in [-0.25, -0.2) is 0 Å². The summed E-state index contributed by atoms with van der Waals surface area (Å²) in [4.78, 5) is 14.4. The van der Waals surface area contributed by atoms with E-state index in [-0.39, 0.29) is 18.3 Å². The van der Waals surface area contributed by atoms with Crippen molar-refractivity contribution in [1.29, 1.82) is 0 Å². The Morgan fingerprint density at radius 2 is 2.04 bits per heavy atom. The molecule has 0 fully saturated rings. The highest BCUT2D eigenvalue weighted by Crippen LogP contribution is 2.24. The molecule has 8 heteroatoms. The molecule has 0 N–H and O–H groups in total. The first-order valence-corrected chi connectivity index (χ1v) is 8.44. The lowest BCUT2D eigenvalue weighted by molar-refractivity contribution is 0.0728. The standard InChI is InChI=1S/C17H15Cl2N3O3/c1-2-7-22(17(23)11-5-6-12(18)13(19)9-11)10-15-20-21-16(25-15)14-4-3-8-24-14/h3-6,8-9H,2,7,10H2,1H3. The minimum absolute atomic E-state index is 0.182. The molecule has 0 saturated carbocycles. The number of nitrogens with zero attached hydrogens (tertiary/aromatic N) is 3. The molecule has 25 heavy (non-hydrogen) atoms. The Kier molecular flexibility index (Phi) is 5.40. The number of halogens is 2. The molecule has 130 valence electrons. The maximum absolute atomic E-state index is 12.8. The Morgan fingerprint density at radius 1 is 1.20 bits per heavy atom. The minimum Gasteiger partial charge on any atom is -0.459 e. The number of carbonyl (C=O) groups is 1. The first-order valence-electron chi connectivity index (χ1n) is 7.69. The molecule has 0 aliphatic heterocycles. The third-order valence-electron chi connectivity index (χ3n) is 3.47. The fourth-order valence-electron chi connectivity index (χ4n) is 2.31. The van der Waals surface area contributed by atoms with Gasteiger partial charge in [0.2, 0.25) is 5.89 Å². The fourth-order valence-corrected chi connectivity index (χ4v) is 2.61. The van der Waals surface area contributed by atoms with Crippen LogP contribution >= 0.6 is 23.2 Å².